The standard InChI is InChI=1S/C21H24N6/c1-15-12-16(2)27(24-15)17(3)13-26-14-23-19(18-8-6-5-7-9-18)20(26)21-22-10-11-25(21)4/h5-12,14,17H,13H2,1-4H3/t17-/m0/s1. The van der Waals surface area contributed by atoms with E-state index in [9.17, 15) is 0 Å². The Bertz CT molecular complexity index is 1050. The van der Waals surface area contributed by atoms with Crippen molar-refractivity contribution >= 4 is 0 Å². The number of hydrogen-bond donors (Lipinski definition) is 0. The summed E-state index contributed by atoms with van der Waals surface area (Å²) < 4.78 is 6.31. The molecule has 0 spiro atoms. The Hall–Kier alpha value is -3.15. The molecule has 4 rings (SSSR count). The molecule has 0 saturated heterocycles. The van der Waals surface area contributed by atoms with Crippen LogP contribution in [0, 0.1) is 13.8 Å². The van der Waals surface area contributed by atoms with Crippen LogP contribution in [0.3, 0.4) is 0 Å². The van der Waals surface area contributed by atoms with Crippen LogP contribution in [0.2, 0.25) is 0 Å². The number of nitrogens with zero attached hydrogens (tertiary/aromatic N) is 6. The zero-order chi connectivity index (χ0) is 19.0. The van der Waals surface area contributed by atoms with Crippen LogP contribution in [0.1, 0.15) is 24.4 Å². The van der Waals surface area contributed by atoms with E-state index in [1.54, 1.807) is 0 Å². The fourth-order valence-corrected chi connectivity index (χ4v) is 3.61. The van der Waals surface area contributed by atoms with Crippen LogP contribution in [0.25, 0.3) is 22.8 Å². The highest BCUT2D eigenvalue weighted by Crippen LogP contribution is 2.31. The SMILES string of the molecule is Cc1cc(C)n([C@@H](C)Cn2cnc(-c3ccccc3)c2-c2nccn2C)n1. The average molecular weight is 360 g/mol. The molecular weight excluding hydrogens is 336 g/mol. The number of hydrogen-bond acceptors (Lipinski definition) is 3. The fraction of sp³-hybridized carbons (Fsp3) is 0.286. The van der Waals surface area contributed by atoms with Gasteiger partial charge in [-0.05, 0) is 26.8 Å². The summed E-state index contributed by atoms with van der Waals surface area (Å²) in [6, 6.07) is 12.6. The third-order valence-corrected chi connectivity index (χ3v) is 4.84. The van der Waals surface area contributed by atoms with Crippen LogP contribution in [-0.4, -0.2) is 28.9 Å². The normalized spacial score (nSPS) is 12.4. The lowest BCUT2D eigenvalue weighted by Gasteiger charge is -2.17. The molecule has 0 fully saturated rings. The van der Waals surface area contributed by atoms with Gasteiger partial charge in [-0.3, -0.25) is 4.68 Å². The van der Waals surface area contributed by atoms with Crippen LogP contribution in [0.5, 0.6) is 0 Å². The van der Waals surface area contributed by atoms with Crippen molar-refractivity contribution < 1.29 is 0 Å². The first kappa shape index (κ1) is 17.3. The summed E-state index contributed by atoms with van der Waals surface area (Å²) in [5.74, 6) is 0.909. The van der Waals surface area contributed by atoms with Crippen LogP contribution in [0.15, 0.2) is 55.1 Å². The van der Waals surface area contributed by atoms with Gasteiger partial charge < -0.3 is 9.13 Å². The van der Waals surface area contributed by atoms with E-state index in [4.69, 9.17) is 4.98 Å². The Morgan fingerprint density at radius 3 is 2.48 bits per heavy atom. The second-order valence-electron chi connectivity index (χ2n) is 7.04. The molecule has 0 unspecified atom stereocenters. The van der Waals surface area contributed by atoms with Crippen molar-refractivity contribution in [3.05, 3.63) is 66.5 Å². The van der Waals surface area contributed by atoms with Crippen LogP contribution >= 0.6 is 0 Å². The highest BCUT2D eigenvalue weighted by atomic mass is 15.3. The Morgan fingerprint density at radius 2 is 1.85 bits per heavy atom. The van der Waals surface area contributed by atoms with E-state index in [2.05, 4.69) is 51.4 Å². The van der Waals surface area contributed by atoms with E-state index in [-0.39, 0.29) is 6.04 Å². The van der Waals surface area contributed by atoms with Crippen LogP contribution in [-0.2, 0) is 13.6 Å². The zero-order valence-electron chi connectivity index (χ0n) is 16.2. The number of rotatable bonds is 5. The molecule has 27 heavy (non-hydrogen) atoms. The van der Waals surface area contributed by atoms with E-state index < -0.39 is 0 Å². The Morgan fingerprint density at radius 1 is 1.07 bits per heavy atom. The molecule has 0 radical (unpaired) electrons. The largest absolute Gasteiger partial charge is 0.333 e. The van der Waals surface area contributed by atoms with Crippen molar-refractivity contribution in [3.8, 4) is 22.8 Å². The number of aryl methyl sites for hydroxylation is 3. The molecular formula is C21H24N6. The number of imidazole rings is 2. The van der Waals surface area contributed by atoms with Gasteiger partial charge in [0.05, 0.1) is 23.8 Å². The monoisotopic (exact) mass is 360 g/mol. The van der Waals surface area contributed by atoms with E-state index in [1.807, 2.05) is 55.5 Å². The Balaban J connectivity index is 1.78. The van der Waals surface area contributed by atoms with Gasteiger partial charge in [0.2, 0.25) is 0 Å². The molecule has 6 heteroatoms. The van der Waals surface area contributed by atoms with Crippen LogP contribution < -0.4 is 0 Å². The second kappa shape index (κ2) is 6.87. The summed E-state index contributed by atoms with van der Waals surface area (Å²) in [5.41, 5.74) is 5.28. The predicted octanol–water partition coefficient (Wildman–Crippen LogP) is 4.03. The van der Waals surface area contributed by atoms with E-state index >= 15 is 0 Å². The van der Waals surface area contributed by atoms with Crippen molar-refractivity contribution in [2.75, 3.05) is 0 Å². The van der Waals surface area contributed by atoms with Crippen molar-refractivity contribution in [1.82, 2.24) is 28.9 Å². The highest BCUT2D eigenvalue weighted by molar-refractivity contribution is 5.75. The molecule has 0 amide bonds. The molecule has 1 atom stereocenters. The molecule has 1 aromatic carbocycles. The molecule has 6 nitrogen and oxygen atoms in total. The second-order valence-corrected chi connectivity index (χ2v) is 7.04. The first-order chi connectivity index (χ1) is 13.0. The smallest absolute Gasteiger partial charge is 0.158 e. The van der Waals surface area contributed by atoms with Gasteiger partial charge in [0, 0.05) is 37.2 Å². The van der Waals surface area contributed by atoms with Gasteiger partial charge in [-0.25, -0.2) is 9.97 Å². The Kier molecular flexibility index (Phi) is 4.39. The lowest BCUT2D eigenvalue weighted by molar-refractivity contribution is 0.418. The lowest BCUT2D eigenvalue weighted by Crippen LogP contribution is -2.16. The molecule has 3 heterocycles. The predicted molar refractivity (Wildman–Crippen MR) is 106 cm³/mol. The molecule has 4 aromatic rings. The minimum Gasteiger partial charge on any atom is -0.333 e. The topological polar surface area (TPSA) is 53.5 Å². The summed E-state index contributed by atoms with van der Waals surface area (Å²) in [6.07, 6.45) is 5.70. The summed E-state index contributed by atoms with van der Waals surface area (Å²) in [6.45, 7) is 7.08. The third kappa shape index (κ3) is 3.18. The Labute approximate surface area is 159 Å². The number of benzene rings is 1. The molecule has 0 aliphatic heterocycles. The van der Waals surface area contributed by atoms with Gasteiger partial charge in [0.25, 0.3) is 0 Å². The van der Waals surface area contributed by atoms with Gasteiger partial charge >= 0.3 is 0 Å². The first-order valence-corrected chi connectivity index (χ1v) is 9.15. The highest BCUT2D eigenvalue weighted by Gasteiger charge is 2.20. The molecule has 0 N–H and O–H groups in total. The summed E-state index contributed by atoms with van der Waals surface area (Å²) in [7, 11) is 2.01. The third-order valence-electron chi connectivity index (χ3n) is 4.84. The van der Waals surface area contributed by atoms with Crippen LogP contribution in [0.4, 0.5) is 0 Å². The maximum absolute atomic E-state index is 4.74. The molecule has 0 saturated carbocycles. The fourth-order valence-electron chi connectivity index (χ4n) is 3.61. The summed E-state index contributed by atoms with van der Waals surface area (Å²) in [4.78, 5) is 9.32. The zero-order valence-corrected chi connectivity index (χ0v) is 16.2. The van der Waals surface area contributed by atoms with Gasteiger partial charge in [-0.1, -0.05) is 30.3 Å². The van der Waals surface area contributed by atoms with Gasteiger partial charge in [-0.2, -0.15) is 5.10 Å². The van der Waals surface area contributed by atoms with E-state index in [0.29, 0.717) is 0 Å². The van der Waals surface area contributed by atoms with Crippen molar-refractivity contribution in [1.29, 1.82) is 0 Å². The maximum atomic E-state index is 4.74. The minimum atomic E-state index is 0.204. The number of aromatic nitrogens is 6. The van der Waals surface area contributed by atoms with Gasteiger partial charge in [-0.15, -0.1) is 0 Å². The average Bonchev–Trinajstić information content (AvgIpc) is 3.34. The lowest BCUT2D eigenvalue weighted by atomic mass is 10.1. The molecule has 0 aliphatic carbocycles. The van der Waals surface area contributed by atoms with Crippen molar-refractivity contribution in [2.24, 2.45) is 7.05 Å². The molecule has 0 bridgehead atoms. The quantitative estimate of drug-likeness (QED) is 0.540. The molecule has 138 valence electrons. The molecule has 3 aromatic heterocycles. The minimum absolute atomic E-state index is 0.204. The van der Waals surface area contributed by atoms with E-state index in [1.165, 1.54) is 5.69 Å². The molecule has 0 aliphatic rings. The maximum Gasteiger partial charge on any atom is 0.158 e. The van der Waals surface area contributed by atoms with Gasteiger partial charge in [0.1, 0.15) is 5.69 Å². The summed E-state index contributed by atoms with van der Waals surface area (Å²) >= 11 is 0. The van der Waals surface area contributed by atoms with Crippen molar-refractivity contribution in [2.45, 2.75) is 33.4 Å². The van der Waals surface area contributed by atoms with E-state index in [0.717, 1.165) is 35.0 Å². The van der Waals surface area contributed by atoms with Crippen molar-refractivity contribution in [3.63, 3.8) is 0 Å². The first-order valence-electron chi connectivity index (χ1n) is 9.15. The summed E-state index contributed by atoms with van der Waals surface area (Å²) in [5, 5.41) is 4.64. The van der Waals surface area contributed by atoms with Gasteiger partial charge in [0.15, 0.2) is 5.82 Å².